The lowest BCUT2D eigenvalue weighted by atomic mass is 9.49. The highest BCUT2D eigenvalue weighted by Crippen LogP contribution is 2.60. The van der Waals surface area contributed by atoms with Crippen LogP contribution in [-0.2, 0) is 21.9 Å². The van der Waals surface area contributed by atoms with Crippen molar-refractivity contribution >= 4 is 15.9 Å². The van der Waals surface area contributed by atoms with Crippen LogP contribution in [-0.4, -0.2) is 24.1 Å². The number of nitrogens with zero attached hydrogens (tertiary/aromatic N) is 2. The van der Waals surface area contributed by atoms with Gasteiger partial charge in [0, 0.05) is 13.2 Å². The van der Waals surface area contributed by atoms with Gasteiger partial charge in [0.05, 0.1) is 11.6 Å². The molecule has 22 heavy (non-hydrogen) atoms. The second-order valence-corrected chi connectivity index (χ2v) is 9.16. The molecular formula is C15H21N3O3S. The Morgan fingerprint density at radius 1 is 1.23 bits per heavy atom. The van der Waals surface area contributed by atoms with Crippen LogP contribution in [0.3, 0.4) is 0 Å². The third kappa shape index (κ3) is 2.17. The minimum atomic E-state index is -3.82. The lowest BCUT2D eigenvalue weighted by Crippen LogP contribution is -2.54. The minimum absolute atomic E-state index is 0.0491. The summed E-state index contributed by atoms with van der Waals surface area (Å²) < 4.78 is 28.5. The SMILES string of the molecule is Cn1cc(S(=O)(=O)NC(=O)C23CC4CC(CC(C4)C2)C3)cn1. The fourth-order valence-corrected chi connectivity index (χ4v) is 6.27. The molecule has 0 aliphatic heterocycles. The van der Waals surface area contributed by atoms with Gasteiger partial charge >= 0.3 is 0 Å². The second kappa shape index (κ2) is 4.57. The van der Waals surface area contributed by atoms with Gasteiger partial charge in [-0.2, -0.15) is 5.10 Å². The van der Waals surface area contributed by atoms with Crippen LogP contribution < -0.4 is 4.72 Å². The van der Waals surface area contributed by atoms with Gasteiger partial charge in [-0.15, -0.1) is 0 Å². The van der Waals surface area contributed by atoms with E-state index in [0.29, 0.717) is 17.8 Å². The first kappa shape index (κ1) is 14.2. The molecule has 4 aliphatic rings. The molecule has 1 aromatic heterocycles. The zero-order valence-corrected chi connectivity index (χ0v) is 13.5. The van der Waals surface area contributed by atoms with E-state index in [1.54, 1.807) is 7.05 Å². The van der Waals surface area contributed by atoms with Gasteiger partial charge in [-0.05, 0) is 56.3 Å². The number of amides is 1. The number of aromatic nitrogens is 2. The molecule has 5 rings (SSSR count). The van der Waals surface area contributed by atoms with Crippen LogP contribution in [0.5, 0.6) is 0 Å². The van der Waals surface area contributed by atoms with E-state index in [9.17, 15) is 13.2 Å². The van der Waals surface area contributed by atoms with Gasteiger partial charge in [-0.3, -0.25) is 9.48 Å². The van der Waals surface area contributed by atoms with Crippen molar-refractivity contribution in [1.29, 1.82) is 0 Å². The zero-order valence-electron chi connectivity index (χ0n) is 12.7. The predicted molar refractivity (Wildman–Crippen MR) is 79.1 cm³/mol. The highest BCUT2D eigenvalue weighted by molar-refractivity contribution is 7.90. The Hall–Kier alpha value is -1.37. The number of carbonyl (C=O) groups is 1. The Morgan fingerprint density at radius 3 is 2.23 bits per heavy atom. The maximum absolute atomic E-state index is 12.8. The first-order valence-electron chi connectivity index (χ1n) is 7.92. The lowest BCUT2D eigenvalue weighted by molar-refractivity contribution is -0.144. The summed E-state index contributed by atoms with van der Waals surface area (Å²) in [5, 5.41) is 3.87. The molecule has 0 radical (unpaired) electrons. The van der Waals surface area contributed by atoms with Crippen molar-refractivity contribution in [3.05, 3.63) is 12.4 Å². The summed E-state index contributed by atoms with van der Waals surface area (Å²) >= 11 is 0. The Kier molecular flexibility index (Phi) is 2.95. The smallest absolute Gasteiger partial charge is 0.267 e. The van der Waals surface area contributed by atoms with Gasteiger partial charge in [0.25, 0.3) is 10.0 Å². The molecule has 1 N–H and O–H groups in total. The van der Waals surface area contributed by atoms with Gasteiger partial charge in [-0.25, -0.2) is 13.1 Å². The van der Waals surface area contributed by atoms with Crippen molar-refractivity contribution in [2.24, 2.45) is 30.2 Å². The maximum atomic E-state index is 12.8. The molecule has 0 spiro atoms. The fraction of sp³-hybridized carbons (Fsp3) is 0.733. The average Bonchev–Trinajstić information content (AvgIpc) is 2.84. The monoisotopic (exact) mass is 323 g/mol. The summed E-state index contributed by atoms with van der Waals surface area (Å²) in [7, 11) is -2.16. The molecule has 7 heteroatoms. The Balaban J connectivity index is 1.57. The van der Waals surface area contributed by atoms with Crippen LogP contribution in [0, 0.1) is 23.2 Å². The molecule has 1 amide bonds. The number of hydrogen-bond donors (Lipinski definition) is 1. The molecule has 4 bridgehead atoms. The number of carbonyl (C=O) groups excluding carboxylic acids is 1. The molecule has 4 aliphatic carbocycles. The number of rotatable bonds is 3. The molecule has 1 heterocycles. The second-order valence-electron chi connectivity index (χ2n) is 7.48. The van der Waals surface area contributed by atoms with Crippen molar-refractivity contribution < 1.29 is 13.2 Å². The summed E-state index contributed by atoms with van der Waals surface area (Å²) in [6.07, 6.45) is 8.92. The first-order valence-corrected chi connectivity index (χ1v) is 9.40. The fourth-order valence-electron chi connectivity index (χ4n) is 5.22. The minimum Gasteiger partial charge on any atom is -0.274 e. The summed E-state index contributed by atoms with van der Waals surface area (Å²) in [5.41, 5.74) is -0.454. The van der Waals surface area contributed by atoms with E-state index >= 15 is 0 Å². The number of aryl methyl sites for hydroxylation is 1. The Labute approximate surface area is 130 Å². The van der Waals surface area contributed by atoms with Gasteiger partial charge in [0.2, 0.25) is 5.91 Å². The quantitative estimate of drug-likeness (QED) is 0.912. The zero-order chi connectivity index (χ0) is 15.5. The highest BCUT2D eigenvalue weighted by atomic mass is 32.2. The largest absolute Gasteiger partial charge is 0.274 e. The van der Waals surface area contributed by atoms with Crippen LogP contribution in [0.15, 0.2) is 17.3 Å². The summed E-state index contributed by atoms with van der Waals surface area (Å²) in [5.74, 6) is 1.53. The van der Waals surface area contributed by atoms with Gasteiger partial charge in [0.1, 0.15) is 4.90 Å². The number of hydrogen-bond acceptors (Lipinski definition) is 4. The van der Waals surface area contributed by atoms with E-state index in [1.165, 1.54) is 36.3 Å². The van der Waals surface area contributed by atoms with Gasteiger partial charge < -0.3 is 0 Å². The summed E-state index contributed by atoms with van der Waals surface area (Å²) in [6.45, 7) is 0. The van der Waals surface area contributed by atoms with E-state index < -0.39 is 15.4 Å². The van der Waals surface area contributed by atoms with E-state index in [1.807, 2.05) is 0 Å². The highest BCUT2D eigenvalue weighted by Gasteiger charge is 2.55. The van der Waals surface area contributed by atoms with Crippen molar-refractivity contribution in [3.8, 4) is 0 Å². The summed E-state index contributed by atoms with van der Waals surface area (Å²) in [4.78, 5) is 12.8. The topological polar surface area (TPSA) is 81.1 Å². The summed E-state index contributed by atoms with van der Waals surface area (Å²) in [6, 6.07) is 0. The molecule has 120 valence electrons. The molecule has 6 nitrogen and oxygen atoms in total. The Bertz CT molecular complexity index is 687. The van der Waals surface area contributed by atoms with Gasteiger partial charge in [0.15, 0.2) is 0 Å². The maximum Gasteiger partial charge on any atom is 0.267 e. The lowest BCUT2D eigenvalue weighted by Gasteiger charge is -2.55. The van der Waals surface area contributed by atoms with E-state index in [4.69, 9.17) is 0 Å². The number of sulfonamides is 1. The van der Waals surface area contributed by atoms with Crippen LogP contribution >= 0.6 is 0 Å². The third-order valence-electron chi connectivity index (χ3n) is 5.74. The van der Waals surface area contributed by atoms with Crippen molar-refractivity contribution in [3.63, 3.8) is 0 Å². The van der Waals surface area contributed by atoms with Crippen LogP contribution in [0.2, 0.25) is 0 Å². The molecule has 4 saturated carbocycles. The third-order valence-corrected chi connectivity index (χ3v) is 7.02. The molecule has 0 unspecified atom stereocenters. The van der Waals surface area contributed by atoms with Crippen LogP contribution in [0.25, 0.3) is 0 Å². The Morgan fingerprint density at radius 2 is 1.77 bits per heavy atom. The van der Waals surface area contributed by atoms with Crippen LogP contribution in [0.1, 0.15) is 38.5 Å². The first-order chi connectivity index (χ1) is 10.4. The van der Waals surface area contributed by atoms with Crippen molar-refractivity contribution in [1.82, 2.24) is 14.5 Å². The molecule has 0 atom stereocenters. The molecular weight excluding hydrogens is 302 g/mol. The molecule has 1 aromatic rings. The molecule has 0 aromatic carbocycles. The van der Waals surface area contributed by atoms with Crippen molar-refractivity contribution in [2.75, 3.05) is 0 Å². The van der Waals surface area contributed by atoms with E-state index in [-0.39, 0.29) is 10.8 Å². The predicted octanol–water partition coefficient (Wildman–Crippen LogP) is 1.44. The van der Waals surface area contributed by atoms with Crippen molar-refractivity contribution in [2.45, 2.75) is 43.4 Å². The standard InChI is InChI=1S/C15H21N3O3S/c1-18-9-13(8-16-18)22(20,21)17-14(19)15-5-10-2-11(6-15)4-12(3-10)7-15/h8-12H,2-7H2,1H3,(H,17,19). The van der Waals surface area contributed by atoms with E-state index in [0.717, 1.165) is 19.3 Å². The normalized spacial score (nSPS) is 36.5. The average molecular weight is 323 g/mol. The number of nitrogens with one attached hydrogen (secondary N) is 1. The molecule has 0 saturated heterocycles. The van der Waals surface area contributed by atoms with Gasteiger partial charge in [-0.1, -0.05) is 0 Å². The molecule has 4 fully saturated rings. The van der Waals surface area contributed by atoms with E-state index in [2.05, 4.69) is 9.82 Å². The van der Waals surface area contributed by atoms with Crippen LogP contribution in [0.4, 0.5) is 0 Å².